The Bertz CT molecular complexity index is 523. The van der Waals surface area contributed by atoms with E-state index in [0.717, 1.165) is 12.3 Å². The molecule has 0 fully saturated rings. The molecule has 2 aromatic heterocycles. The van der Waals surface area contributed by atoms with Crippen molar-refractivity contribution in [2.75, 3.05) is 5.32 Å². The molecule has 0 aromatic carbocycles. The zero-order valence-corrected chi connectivity index (χ0v) is 10.1. The summed E-state index contributed by atoms with van der Waals surface area (Å²) < 4.78 is 39.1. The first-order valence-corrected chi connectivity index (χ1v) is 5.59. The van der Waals surface area contributed by atoms with E-state index in [9.17, 15) is 13.2 Å². The van der Waals surface area contributed by atoms with E-state index in [-0.39, 0.29) is 12.0 Å². The zero-order chi connectivity index (χ0) is 13.9. The van der Waals surface area contributed by atoms with Crippen LogP contribution in [0.25, 0.3) is 0 Å². The molecule has 0 saturated heterocycles. The molecule has 0 spiro atoms. The number of hydrogen-bond acceptors (Lipinski definition) is 4. The Kier molecular flexibility index (Phi) is 3.68. The largest absolute Gasteiger partial charge is 0.433 e. The maximum absolute atomic E-state index is 12.5. The van der Waals surface area contributed by atoms with Crippen LogP contribution in [-0.2, 0) is 12.7 Å². The van der Waals surface area contributed by atoms with E-state index in [2.05, 4.69) is 20.4 Å². The third kappa shape index (κ3) is 3.67. The fourth-order valence-electron chi connectivity index (χ4n) is 1.54. The Hall–Kier alpha value is -2.12. The van der Waals surface area contributed by atoms with Crippen molar-refractivity contribution >= 4 is 5.95 Å². The van der Waals surface area contributed by atoms with E-state index in [1.165, 1.54) is 0 Å². The van der Waals surface area contributed by atoms with Crippen LogP contribution >= 0.6 is 0 Å². The van der Waals surface area contributed by atoms with Gasteiger partial charge < -0.3 is 5.32 Å². The van der Waals surface area contributed by atoms with Crippen molar-refractivity contribution in [1.29, 1.82) is 0 Å². The summed E-state index contributed by atoms with van der Waals surface area (Å²) in [5, 5.41) is 6.82. The van der Waals surface area contributed by atoms with Crippen molar-refractivity contribution < 1.29 is 13.2 Å². The van der Waals surface area contributed by atoms with Gasteiger partial charge in [-0.1, -0.05) is 0 Å². The molecule has 5 nitrogen and oxygen atoms in total. The van der Waals surface area contributed by atoms with E-state index >= 15 is 0 Å². The van der Waals surface area contributed by atoms with Crippen LogP contribution in [0, 0.1) is 0 Å². The second-order valence-electron chi connectivity index (χ2n) is 4.04. The van der Waals surface area contributed by atoms with Gasteiger partial charge in [0.1, 0.15) is 5.69 Å². The van der Waals surface area contributed by atoms with Crippen molar-refractivity contribution in [2.24, 2.45) is 0 Å². The van der Waals surface area contributed by atoms with Crippen molar-refractivity contribution in [1.82, 2.24) is 19.7 Å². The predicted molar refractivity (Wildman–Crippen MR) is 62.3 cm³/mol. The van der Waals surface area contributed by atoms with E-state index < -0.39 is 11.9 Å². The van der Waals surface area contributed by atoms with Crippen LogP contribution in [-0.4, -0.2) is 25.8 Å². The van der Waals surface area contributed by atoms with Crippen molar-refractivity contribution in [3.8, 4) is 0 Å². The summed E-state index contributed by atoms with van der Waals surface area (Å²) in [6.45, 7) is 2.32. The molecule has 0 aliphatic rings. The number of nitrogens with zero attached hydrogens (tertiary/aromatic N) is 4. The third-order valence-corrected chi connectivity index (χ3v) is 2.34. The highest BCUT2D eigenvalue weighted by Gasteiger charge is 2.32. The summed E-state index contributed by atoms with van der Waals surface area (Å²) in [6.07, 6.45) is 0.0159. The van der Waals surface area contributed by atoms with Gasteiger partial charge in [-0.05, 0) is 19.1 Å². The zero-order valence-electron chi connectivity index (χ0n) is 10.1. The molecule has 2 aromatic rings. The Balaban J connectivity index is 2.03. The average Bonchev–Trinajstić information content (AvgIpc) is 2.80. The highest BCUT2D eigenvalue weighted by Crippen LogP contribution is 2.27. The van der Waals surface area contributed by atoms with Gasteiger partial charge in [-0.25, -0.2) is 9.97 Å². The highest BCUT2D eigenvalue weighted by atomic mass is 19.4. The van der Waals surface area contributed by atoms with Crippen LogP contribution in [0.5, 0.6) is 0 Å². The predicted octanol–water partition coefficient (Wildman–Crippen LogP) is 2.19. The van der Waals surface area contributed by atoms with Crippen LogP contribution in [0.3, 0.4) is 0 Å². The molecular weight excluding hydrogens is 259 g/mol. The molecule has 2 heterocycles. The van der Waals surface area contributed by atoms with Crippen LogP contribution < -0.4 is 5.32 Å². The van der Waals surface area contributed by atoms with Gasteiger partial charge in [0.15, 0.2) is 0 Å². The third-order valence-electron chi connectivity index (χ3n) is 2.34. The van der Waals surface area contributed by atoms with Gasteiger partial charge in [-0.2, -0.15) is 18.3 Å². The Morgan fingerprint density at radius 2 is 2.16 bits per heavy atom. The van der Waals surface area contributed by atoms with Gasteiger partial charge in [-0.3, -0.25) is 4.68 Å². The summed E-state index contributed by atoms with van der Waals surface area (Å²) in [6, 6.07) is 2.46. The molecule has 8 heteroatoms. The van der Waals surface area contributed by atoms with Crippen molar-refractivity contribution in [2.45, 2.75) is 25.7 Å². The first-order valence-electron chi connectivity index (χ1n) is 5.59. The van der Waals surface area contributed by atoms with E-state index in [1.807, 2.05) is 6.92 Å². The lowest BCUT2D eigenvalue weighted by Crippen LogP contribution is -2.24. The Morgan fingerprint density at radius 1 is 1.37 bits per heavy atom. The van der Waals surface area contributed by atoms with Crippen LogP contribution in [0.15, 0.2) is 30.7 Å². The maximum Gasteiger partial charge on any atom is 0.433 e. The quantitative estimate of drug-likeness (QED) is 0.926. The Morgan fingerprint density at radius 3 is 2.79 bits per heavy atom. The minimum Gasteiger partial charge on any atom is -0.350 e. The lowest BCUT2D eigenvalue weighted by Gasteiger charge is -2.14. The summed E-state index contributed by atoms with van der Waals surface area (Å²) in [5.74, 6) is -0.0468. The standard InChI is InChI=1S/C11H12F3N5/c1-8(7-19-6-2-4-16-19)17-10-15-5-3-9(18-10)11(12,13)14/h2-6,8H,7H2,1H3,(H,15,17,18). The number of aromatic nitrogens is 4. The molecule has 1 atom stereocenters. The lowest BCUT2D eigenvalue weighted by atomic mass is 10.3. The summed E-state index contributed by atoms with van der Waals surface area (Å²) in [7, 11) is 0. The van der Waals surface area contributed by atoms with Crippen molar-refractivity contribution in [3.05, 3.63) is 36.4 Å². The molecule has 0 aliphatic carbocycles. The minimum absolute atomic E-state index is 0.0468. The summed E-state index contributed by atoms with van der Waals surface area (Å²) >= 11 is 0. The Labute approximate surface area is 107 Å². The molecule has 1 N–H and O–H groups in total. The van der Waals surface area contributed by atoms with Gasteiger partial charge in [-0.15, -0.1) is 0 Å². The molecule has 0 saturated carbocycles. The fourth-order valence-corrected chi connectivity index (χ4v) is 1.54. The second kappa shape index (κ2) is 5.25. The number of rotatable bonds is 4. The monoisotopic (exact) mass is 271 g/mol. The number of alkyl halides is 3. The topological polar surface area (TPSA) is 55.6 Å². The van der Waals surface area contributed by atoms with E-state index in [1.54, 1.807) is 23.1 Å². The average molecular weight is 271 g/mol. The molecule has 19 heavy (non-hydrogen) atoms. The van der Waals surface area contributed by atoms with Gasteiger partial charge in [0.05, 0.1) is 6.54 Å². The lowest BCUT2D eigenvalue weighted by molar-refractivity contribution is -0.141. The van der Waals surface area contributed by atoms with Gasteiger partial charge in [0, 0.05) is 24.6 Å². The number of hydrogen-bond donors (Lipinski definition) is 1. The molecular formula is C11H12F3N5. The second-order valence-corrected chi connectivity index (χ2v) is 4.04. The summed E-state index contributed by atoms with van der Waals surface area (Å²) in [4.78, 5) is 7.21. The van der Waals surface area contributed by atoms with Gasteiger partial charge >= 0.3 is 6.18 Å². The first kappa shape index (κ1) is 13.3. The maximum atomic E-state index is 12.5. The SMILES string of the molecule is CC(Cn1cccn1)Nc1nccc(C(F)(F)F)n1. The van der Waals surface area contributed by atoms with Crippen LogP contribution in [0.2, 0.25) is 0 Å². The molecule has 0 amide bonds. The van der Waals surface area contributed by atoms with E-state index in [4.69, 9.17) is 0 Å². The molecule has 2 rings (SSSR count). The van der Waals surface area contributed by atoms with Crippen LogP contribution in [0.1, 0.15) is 12.6 Å². The van der Waals surface area contributed by atoms with Gasteiger partial charge in [0.25, 0.3) is 0 Å². The number of anilines is 1. The molecule has 102 valence electrons. The van der Waals surface area contributed by atoms with Gasteiger partial charge in [0.2, 0.25) is 5.95 Å². The summed E-state index contributed by atoms with van der Waals surface area (Å²) in [5.41, 5.74) is -0.962. The first-order chi connectivity index (χ1) is 8.95. The molecule has 1 unspecified atom stereocenters. The van der Waals surface area contributed by atoms with Crippen LogP contribution in [0.4, 0.5) is 19.1 Å². The number of nitrogens with one attached hydrogen (secondary N) is 1. The normalized spacial score (nSPS) is 13.3. The highest BCUT2D eigenvalue weighted by molar-refractivity contribution is 5.27. The number of halogens is 3. The molecule has 0 radical (unpaired) electrons. The fraction of sp³-hybridized carbons (Fsp3) is 0.364. The minimum atomic E-state index is -4.47. The molecule has 0 aliphatic heterocycles. The van der Waals surface area contributed by atoms with E-state index in [0.29, 0.717) is 6.54 Å². The smallest absolute Gasteiger partial charge is 0.350 e. The molecule has 0 bridgehead atoms. The van der Waals surface area contributed by atoms with Crippen molar-refractivity contribution in [3.63, 3.8) is 0 Å².